The van der Waals surface area contributed by atoms with E-state index in [-0.39, 0.29) is 11.8 Å². The number of nitrogens with zero attached hydrogens (tertiary/aromatic N) is 2. The standard InChI is InChI=1S/C26H37N3O3/c1-18(2)14-25(30)27-22-10-13-24(28(5)6)21(15-22)17-29(16-19(3)4)26(31)20-8-11-23(32-7)12-9-20/h8-13,15,18-19H,14,16-17H2,1-7H3,(H,27,30). The van der Waals surface area contributed by atoms with Crippen LogP contribution in [0.5, 0.6) is 5.75 Å². The number of rotatable bonds is 10. The Balaban J connectivity index is 2.34. The van der Waals surface area contributed by atoms with Crippen molar-refractivity contribution < 1.29 is 14.3 Å². The van der Waals surface area contributed by atoms with Crippen molar-refractivity contribution in [1.82, 2.24) is 4.90 Å². The molecule has 2 amide bonds. The van der Waals surface area contributed by atoms with Gasteiger partial charge in [-0.1, -0.05) is 27.7 Å². The molecule has 2 aromatic rings. The van der Waals surface area contributed by atoms with E-state index in [0.29, 0.717) is 36.9 Å². The van der Waals surface area contributed by atoms with Crippen LogP contribution in [0.1, 0.15) is 50.0 Å². The van der Waals surface area contributed by atoms with Gasteiger partial charge in [0.1, 0.15) is 5.75 Å². The first kappa shape index (κ1) is 25.2. The highest BCUT2D eigenvalue weighted by molar-refractivity contribution is 5.94. The molecule has 0 heterocycles. The molecule has 174 valence electrons. The number of benzene rings is 2. The SMILES string of the molecule is COc1ccc(C(=O)N(Cc2cc(NC(=O)CC(C)C)ccc2N(C)C)CC(C)C)cc1. The van der Waals surface area contributed by atoms with Crippen LogP contribution in [0.4, 0.5) is 11.4 Å². The summed E-state index contributed by atoms with van der Waals surface area (Å²) in [6.07, 6.45) is 0.472. The zero-order valence-electron chi connectivity index (χ0n) is 20.4. The van der Waals surface area contributed by atoms with Crippen molar-refractivity contribution in [3.8, 4) is 5.75 Å². The number of anilines is 2. The third-order valence-electron chi connectivity index (χ3n) is 5.01. The maximum atomic E-state index is 13.4. The Morgan fingerprint density at radius 3 is 2.16 bits per heavy atom. The fourth-order valence-electron chi connectivity index (χ4n) is 3.59. The Morgan fingerprint density at radius 1 is 0.969 bits per heavy atom. The fourth-order valence-corrected chi connectivity index (χ4v) is 3.59. The van der Waals surface area contributed by atoms with E-state index in [4.69, 9.17) is 4.74 Å². The maximum Gasteiger partial charge on any atom is 0.254 e. The van der Waals surface area contributed by atoms with Crippen molar-refractivity contribution in [2.45, 2.75) is 40.7 Å². The lowest BCUT2D eigenvalue weighted by atomic mass is 10.1. The number of hydrogen-bond acceptors (Lipinski definition) is 4. The van der Waals surface area contributed by atoms with Crippen LogP contribution in [-0.4, -0.2) is 44.5 Å². The van der Waals surface area contributed by atoms with E-state index in [1.807, 2.05) is 55.9 Å². The molecular weight excluding hydrogens is 402 g/mol. The second-order valence-electron chi connectivity index (χ2n) is 9.19. The normalized spacial score (nSPS) is 10.9. The zero-order chi connectivity index (χ0) is 23.8. The van der Waals surface area contributed by atoms with Gasteiger partial charge in [-0.3, -0.25) is 9.59 Å². The van der Waals surface area contributed by atoms with Crippen molar-refractivity contribution in [2.75, 3.05) is 38.0 Å². The molecule has 0 aromatic heterocycles. The second-order valence-corrected chi connectivity index (χ2v) is 9.19. The van der Waals surface area contributed by atoms with Crippen LogP contribution in [-0.2, 0) is 11.3 Å². The molecule has 0 spiro atoms. The summed E-state index contributed by atoms with van der Waals surface area (Å²) in [7, 11) is 5.57. The van der Waals surface area contributed by atoms with Gasteiger partial charge in [-0.05, 0) is 59.9 Å². The Bertz CT molecular complexity index is 905. The van der Waals surface area contributed by atoms with E-state index in [0.717, 1.165) is 22.7 Å². The molecule has 0 atom stereocenters. The summed E-state index contributed by atoms with van der Waals surface area (Å²) < 4.78 is 5.22. The molecule has 2 aromatic carbocycles. The molecule has 0 aliphatic carbocycles. The van der Waals surface area contributed by atoms with Crippen molar-refractivity contribution in [2.24, 2.45) is 11.8 Å². The molecule has 0 aliphatic rings. The highest BCUT2D eigenvalue weighted by Gasteiger charge is 2.20. The maximum absolute atomic E-state index is 13.4. The predicted octanol–water partition coefficient (Wildman–Crippen LogP) is 5.04. The van der Waals surface area contributed by atoms with Crippen LogP contribution in [0.25, 0.3) is 0 Å². The first-order valence-corrected chi connectivity index (χ1v) is 11.1. The van der Waals surface area contributed by atoms with Gasteiger partial charge in [0.2, 0.25) is 5.91 Å². The van der Waals surface area contributed by atoms with Crippen molar-refractivity contribution in [3.05, 3.63) is 53.6 Å². The zero-order valence-corrected chi connectivity index (χ0v) is 20.4. The molecule has 2 rings (SSSR count). The average Bonchev–Trinajstić information content (AvgIpc) is 2.71. The highest BCUT2D eigenvalue weighted by Crippen LogP contribution is 2.26. The molecule has 0 saturated carbocycles. The molecule has 0 fully saturated rings. The molecule has 6 heteroatoms. The van der Waals surface area contributed by atoms with E-state index in [9.17, 15) is 9.59 Å². The molecule has 32 heavy (non-hydrogen) atoms. The summed E-state index contributed by atoms with van der Waals surface area (Å²) in [6.45, 7) is 9.32. The Labute approximate surface area is 192 Å². The van der Waals surface area contributed by atoms with Gasteiger partial charge in [0.25, 0.3) is 5.91 Å². The molecule has 0 aliphatic heterocycles. The van der Waals surface area contributed by atoms with Crippen molar-refractivity contribution in [1.29, 1.82) is 0 Å². The number of nitrogens with one attached hydrogen (secondary N) is 1. The molecule has 0 unspecified atom stereocenters. The minimum absolute atomic E-state index is 0.00287. The third-order valence-corrected chi connectivity index (χ3v) is 5.01. The van der Waals surface area contributed by atoms with E-state index in [1.165, 1.54) is 0 Å². The number of ether oxygens (including phenoxy) is 1. The summed E-state index contributed by atoms with van der Waals surface area (Å²) in [4.78, 5) is 29.5. The van der Waals surface area contributed by atoms with E-state index < -0.39 is 0 Å². The molecule has 1 N–H and O–H groups in total. The van der Waals surface area contributed by atoms with Gasteiger partial charge in [-0.25, -0.2) is 0 Å². The van der Waals surface area contributed by atoms with Crippen molar-refractivity contribution >= 4 is 23.2 Å². The fraction of sp³-hybridized carbons (Fsp3) is 0.462. The molecular formula is C26H37N3O3. The average molecular weight is 440 g/mol. The lowest BCUT2D eigenvalue weighted by Crippen LogP contribution is -2.34. The second kappa shape index (κ2) is 11.6. The van der Waals surface area contributed by atoms with Gasteiger partial charge in [0, 0.05) is 50.5 Å². The van der Waals surface area contributed by atoms with Crippen LogP contribution in [0.15, 0.2) is 42.5 Å². The van der Waals surface area contributed by atoms with Gasteiger partial charge in [-0.2, -0.15) is 0 Å². The number of carbonyl (C=O) groups excluding carboxylic acids is 2. The molecule has 0 bridgehead atoms. The lowest BCUT2D eigenvalue weighted by molar-refractivity contribution is -0.116. The Hall–Kier alpha value is -3.02. The lowest BCUT2D eigenvalue weighted by Gasteiger charge is -2.28. The summed E-state index contributed by atoms with van der Waals surface area (Å²) in [5.74, 6) is 1.29. The topological polar surface area (TPSA) is 61.9 Å². The molecule has 0 radical (unpaired) electrons. The number of amides is 2. The Kier molecular flexibility index (Phi) is 9.12. The Morgan fingerprint density at radius 2 is 1.62 bits per heavy atom. The highest BCUT2D eigenvalue weighted by atomic mass is 16.5. The van der Waals surface area contributed by atoms with Crippen molar-refractivity contribution in [3.63, 3.8) is 0 Å². The summed E-state index contributed by atoms with van der Waals surface area (Å²) in [5, 5.41) is 2.99. The largest absolute Gasteiger partial charge is 0.497 e. The van der Waals surface area contributed by atoms with Gasteiger partial charge in [0.15, 0.2) is 0 Å². The first-order chi connectivity index (χ1) is 15.1. The third kappa shape index (κ3) is 7.29. The van der Waals surface area contributed by atoms with E-state index in [1.54, 1.807) is 31.4 Å². The van der Waals surface area contributed by atoms with Crippen LogP contribution in [0.2, 0.25) is 0 Å². The van der Waals surface area contributed by atoms with E-state index in [2.05, 4.69) is 19.2 Å². The predicted molar refractivity (Wildman–Crippen MR) is 131 cm³/mol. The minimum atomic E-state index is -0.0275. The summed E-state index contributed by atoms with van der Waals surface area (Å²) in [6, 6.07) is 13.1. The van der Waals surface area contributed by atoms with Gasteiger partial charge >= 0.3 is 0 Å². The molecule has 6 nitrogen and oxygen atoms in total. The minimum Gasteiger partial charge on any atom is -0.497 e. The van der Waals surface area contributed by atoms with Crippen LogP contribution in [0, 0.1) is 11.8 Å². The quantitative estimate of drug-likeness (QED) is 0.563. The number of carbonyl (C=O) groups is 2. The van der Waals surface area contributed by atoms with Crippen LogP contribution in [0.3, 0.4) is 0 Å². The van der Waals surface area contributed by atoms with Gasteiger partial charge < -0.3 is 19.9 Å². The van der Waals surface area contributed by atoms with Crippen LogP contribution < -0.4 is 15.0 Å². The molecule has 0 saturated heterocycles. The first-order valence-electron chi connectivity index (χ1n) is 11.1. The smallest absolute Gasteiger partial charge is 0.254 e. The summed E-state index contributed by atoms with van der Waals surface area (Å²) in [5.41, 5.74) is 3.37. The van der Waals surface area contributed by atoms with Crippen LogP contribution >= 0.6 is 0 Å². The summed E-state index contributed by atoms with van der Waals surface area (Å²) >= 11 is 0. The number of methoxy groups -OCH3 is 1. The van der Waals surface area contributed by atoms with Gasteiger partial charge in [0.05, 0.1) is 7.11 Å². The van der Waals surface area contributed by atoms with Gasteiger partial charge in [-0.15, -0.1) is 0 Å². The van der Waals surface area contributed by atoms with E-state index >= 15 is 0 Å². The number of hydrogen-bond donors (Lipinski definition) is 1. The monoisotopic (exact) mass is 439 g/mol.